The summed E-state index contributed by atoms with van der Waals surface area (Å²) in [6.45, 7) is 11.1. The summed E-state index contributed by atoms with van der Waals surface area (Å²) in [7, 11) is 0. The van der Waals surface area contributed by atoms with Gasteiger partial charge in [0.1, 0.15) is 11.6 Å². The normalized spacial score (nSPS) is 15.6. The van der Waals surface area contributed by atoms with Crippen LogP contribution in [0.5, 0.6) is 0 Å². The molecule has 0 aliphatic carbocycles. The van der Waals surface area contributed by atoms with E-state index < -0.39 is 0 Å². The van der Waals surface area contributed by atoms with Gasteiger partial charge in [-0.1, -0.05) is 32.9 Å². The van der Waals surface area contributed by atoms with Gasteiger partial charge in [-0.3, -0.25) is 5.32 Å². The van der Waals surface area contributed by atoms with Gasteiger partial charge in [0.2, 0.25) is 0 Å². The van der Waals surface area contributed by atoms with Gasteiger partial charge in [-0.05, 0) is 6.42 Å². The van der Waals surface area contributed by atoms with Crippen LogP contribution in [0.2, 0.25) is 0 Å². The number of carbonyl (C=O) groups excluding carboxylic acids is 1. The van der Waals surface area contributed by atoms with E-state index >= 15 is 0 Å². The van der Waals surface area contributed by atoms with E-state index in [2.05, 4.69) is 25.3 Å². The molecule has 0 unspecified atom stereocenters. The highest BCUT2D eigenvalue weighted by molar-refractivity contribution is 5.88. The number of urea groups is 1. The third-order valence-corrected chi connectivity index (χ3v) is 4.64. The molecular formula is C19H28N6O2. The molecule has 1 aliphatic heterocycles. The van der Waals surface area contributed by atoms with Crippen molar-refractivity contribution in [2.24, 2.45) is 0 Å². The highest BCUT2D eigenvalue weighted by Crippen LogP contribution is 2.24. The quantitative estimate of drug-likeness (QED) is 0.891. The van der Waals surface area contributed by atoms with Crippen LogP contribution in [0.15, 0.2) is 23.0 Å². The van der Waals surface area contributed by atoms with Crippen LogP contribution in [0.25, 0.3) is 0 Å². The van der Waals surface area contributed by atoms with Crippen LogP contribution in [-0.4, -0.2) is 52.2 Å². The van der Waals surface area contributed by atoms with Crippen LogP contribution in [-0.2, 0) is 11.8 Å². The average molecular weight is 372 g/mol. The van der Waals surface area contributed by atoms with E-state index in [-0.39, 0.29) is 11.4 Å². The Kier molecular flexibility index (Phi) is 5.62. The summed E-state index contributed by atoms with van der Waals surface area (Å²) in [5, 5.41) is 6.80. The SMILES string of the molecule is CCc1ncc(N2CCCN(C(=O)Nc3cc(C(C)(C)C)on3)CC2)cn1. The number of aryl methyl sites for hydroxylation is 1. The van der Waals surface area contributed by atoms with E-state index in [1.807, 2.05) is 45.0 Å². The Morgan fingerprint density at radius 3 is 2.56 bits per heavy atom. The van der Waals surface area contributed by atoms with Crippen molar-refractivity contribution in [3.63, 3.8) is 0 Å². The fourth-order valence-electron chi connectivity index (χ4n) is 2.95. The Balaban J connectivity index is 1.58. The van der Waals surface area contributed by atoms with Crippen molar-refractivity contribution in [3.05, 3.63) is 30.0 Å². The van der Waals surface area contributed by atoms with Gasteiger partial charge in [0, 0.05) is 44.1 Å². The Bertz CT molecular complexity index is 765. The summed E-state index contributed by atoms with van der Waals surface area (Å²) < 4.78 is 5.33. The van der Waals surface area contributed by atoms with Gasteiger partial charge in [-0.2, -0.15) is 0 Å². The number of aromatic nitrogens is 3. The third-order valence-electron chi connectivity index (χ3n) is 4.64. The van der Waals surface area contributed by atoms with Crippen LogP contribution >= 0.6 is 0 Å². The van der Waals surface area contributed by atoms with Crippen LogP contribution in [0.4, 0.5) is 16.3 Å². The van der Waals surface area contributed by atoms with E-state index in [1.165, 1.54) is 0 Å². The van der Waals surface area contributed by atoms with Crippen molar-refractivity contribution >= 4 is 17.5 Å². The fourth-order valence-corrected chi connectivity index (χ4v) is 2.95. The molecule has 2 aromatic heterocycles. The lowest BCUT2D eigenvalue weighted by Crippen LogP contribution is -2.38. The second kappa shape index (κ2) is 7.94. The van der Waals surface area contributed by atoms with Gasteiger partial charge in [-0.15, -0.1) is 0 Å². The molecule has 1 N–H and O–H groups in total. The smallest absolute Gasteiger partial charge is 0.323 e. The van der Waals surface area contributed by atoms with E-state index in [9.17, 15) is 4.79 Å². The molecule has 2 aromatic rings. The maximum atomic E-state index is 12.6. The number of anilines is 2. The molecule has 0 aromatic carbocycles. The van der Waals surface area contributed by atoms with Crippen molar-refractivity contribution in [2.45, 2.75) is 46.0 Å². The molecular weight excluding hydrogens is 344 g/mol. The van der Waals surface area contributed by atoms with Gasteiger partial charge in [0.25, 0.3) is 0 Å². The number of hydrogen-bond donors (Lipinski definition) is 1. The number of hydrogen-bond acceptors (Lipinski definition) is 6. The molecule has 8 heteroatoms. The lowest BCUT2D eigenvalue weighted by atomic mass is 9.93. The maximum absolute atomic E-state index is 12.6. The number of amides is 2. The summed E-state index contributed by atoms with van der Waals surface area (Å²) in [6, 6.07) is 1.64. The molecule has 3 heterocycles. The molecule has 0 saturated carbocycles. The predicted octanol–water partition coefficient (Wildman–Crippen LogP) is 3.07. The zero-order valence-corrected chi connectivity index (χ0v) is 16.5. The van der Waals surface area contributed by atoms with Crippen molar-refractivity contribution in [3.8, 4) is 0 Å². The topological polar surface area (TPSA) is 87.4 Å². The Hall–Kier alpha value is -2.64. The van der Waals surface area contributed by atoms with E-state index in [0.29, 0.717) is 18.9 Å². The summed E-state index contributed by atoms with van der Waals surface area (Å²) >= 11 is 0. The van der Waals surface area contributed by atoms with Gasteiger partial charge in [0.05, 0.1) is 18.1 Å². The highest BCUT2D eigenvalue weighted by atomic mass is 16.5. The zero-order chi connectivity index (χ0) is 19.4. The Morgan fingerprint density at radius 1 is 1.19 bits per heavy atom. The summed E-state index contributed by atoms with van der Waals surface area (Å²) in [5.74, 6) is 2.04. The van der Waals surface area contributed by atoms with Crippen LogP contribution in [0.1, 0.15) is 45.7 Å². The third kappa shape index (κ3) is 4.75. The number of nitrogens with zero attached hydrogens (tertiary/aromatic N) is 5. The van der Waals surface area contributed by atoms with Crippen molar-refractivity contribution in [2.75, 3.05) is 36.4 Å². The van der Waals surface area contributed by atoms with Crippen LogP contribution < -0.4 is 10.2 Å². The van der Waals surface area contributed by atoms with Gasteiger partial charge >= 0.3 is 6.03 Å². The molecule has 8 nitrogen and oxygen atoms in total. The summed E-state index contributed by atoms with van der Waals surface area (Å²) in [4.78, 5) is 25.4. The first-order valence-electron chi connectivity index (χ1n) is 9.46. The van der Waals surface area contributed by atoms with Crippen molar-refractivity contribution in [1.29, 1.82) is 0 Å². The molecule has 0 spiro atoms. The molecule has 1 aliphatic rings. The number of nitrogens with one attached hydrogen (secondary N) is 1. The number of rotatable bonds is 3. The van der Waals surface area contributed by atoms with E-state index in [4.69, 9.17) is 4.52 Å². The molecule has 0 atom stereocenters. The van der Waals surface area contributed by atoms with Crippen LogP contribution in [0, 0.1) is 0 Å². The fraction of sp³-hybridized carbons (Fsp3) is 0.579. The van der Waals surface area contributed by atoms with Crippen LogP contribution in [0.3, 0.4) is 0 Å². The van der Waals surface area contributed by atoms with Gasteiger partial charge in [0.15, 0.2) is 5.82 Å². The van der Waals surface area contributed by atoms with E-state index in [0.717, 1.165) is 43.2 Å². The minimum atomic E-state index is -0.150. The second-order valence-electron chi connectivity index (χ2n) is 7.80. The highest BCUT2D eigenvalue weighted by Gasteiger charge is 2.23. The Morgan fingerprint density at radius 2 is 1.93 bits per heavy atom. The standard InChI is InChI=1S/C19H28N6O2/c1-5-16-20-12-14(13-21-16)24-7-6-8-25(10-9-24)18(26)22-17-11-15(27-23-17)19(2,3)4/h11-13H,5-10H2,1-4H3,(H,22,23,26). The van der Waals surface area contributed by atoms with Crippen molar-refractivity contribution in [1.82, 2.24) is 20.0 Å². The molecule has 2 amide bonds. The first-order valence-corrected chi connectivity index (χ1v) is 9.46. The first-order chi connectivity index (χ1) is 12.9. The molecule has 0 radical (unpaired) electrons. The monoisotopic (exact) mass is 372 g/mol. The molecule has 146 valence electrons. The first kappa shape index (κ1) is 19.1. The van der Waals surface area contributed by atoms with E-state index in [1.54, 1.807) is 6.07 Å². The second-order valence-corrected chi connectivity index (χ2v) is 7.80. The largest absolute Gasteiger partial charge is 0.367 e. The molecule has 3 rings (SSSR count). The lowest BCUT2D eigenvalue weighted by Gasteiger charge is -2.23. The molecule has 0 bridgehead atoms. The summed E-state index contributed by atoms with van der Waals surface area (Å²) in [6.07, 6.45) is 5.44. The molecule has 1 saturated heterocycles. The zero-order valence-electron chi connectivity index (χ0n) is 16.5. The van der Waals surface area contributed by atoms with Crippen molar-refractivity contribution < 1.29 is 9.32 Å². The Labute approximate surface area is 159 Å². The lowest BCUT2D eigenvalue weighted by molar-refractivity contribution is 0.215. The van der Waals surface area contributed by atoms with Gasteiger partial charge < -0.3 is 14.3 Å². The number of carbonyl (C=O) groups is 1. The predicted molar refractivity (Wildman–Crippen MR) is 104 cm³/mol. The molecule has 27 heavy (non-hydrogen) atoms. The maximum Gasteiger partial charge on any atom is 0.323 e. The average Bonchev–Trinajstić information content (AvgIpc) is 2.98. The van der Waals surface area contributed by atoms with Gasteiger partial charge in [-0.25, -0.2) is 14.8 Å². The minimum absolute atomic E-state index is 0.144. The molecule has 1 fully saturated rings. The summed E-state index contributed by atoms with van der Waals surface area (Å²) in [5.41, 5.74) is 0.856. The minimum Gasteiger partial charge on any atom is -0.367 e.